The molecule has 14 heteroatoms. The van der Waals surface area contributed by atoms with Gasteiger partial charge >= 0.3 is 6.09 Å². The van der Waals surface area contributed by atoms with Crippen LogP contribution in [0.15, 0.2) is 24.3 Å². The predicted octanol–water partition coefficient (Wildman–Crippen LogP) is 4.04. The Morgan fingerprint density at radius 2 is 1.80 bits per heavy atom. The number of piperazine rings is 1. The first-order chi connectivity index (χ1) is 23.6. The van der Waals surface area contributed by atoms with E-state index in [4.69, 9.17) is 9.47 Å². The van der Waals surface area contributed by atoms with E-state index in [2.05, 4.69) is 15.5 Å². The molecule has 1 aromatic carbocycles. The van der Waals surface area contributed by atoms with Crippen molar-refractivity contribution in [3.63, 3.8) is 0 Å². The second-order valence-corrected chi connectivity index (χ2v) is 15.3. The van der Waals surface area contributed by atoms with Gasteiger partial charge in [0.25, 0.3) is 0 Å². The molecule has 0 bridgehead atoms. The number of fused-ring (bicyclic) bond motifs is 2. The normalized spacial score (nSPS) is 26.5. The number of ether oxygens (including phenoxy) is 2. The maximum atomic E-state index is 14.8. The molecule has 50 heavy (non-hydrogen) atoms. The van der Waals surface area contributed by atoms with Crippen LogP contribution in [-0.4, -0.2) is 119 Å². The molecule has 0 spiro atoms. The average molecular weight is 706 g/mol. The Morgan fingerprint density at radius 3 is 2.46 bits per heavy atom. The molecule has 5 rings (SSSR count). The quantitative estimate of drug-likeness (QED) is 0.332. The SMILES string of the molecule is CCO[C@@H]1C[C@@H]2CN(C(=O)[C@@H](NC(=O)[C@@H](C)CN(C(=O)O)C(C)(C)C)C3CCC(F)(F)CC3)[C@H](C(=O)N[C@@H]3CCOc4ccccc43)CN2C1. The van der Waals surface area contributed by atoms with Crippen LogP contribution in [0.5, 0.6) is 5.75 Å². The van der Waals surface area contributed by atoms with Gasteiger partial charge in [-0.15, -0.1) is 0 Å². The molecule has 1 aliphatic carbocycles. The van der Waals surface area contributed by atoms with Gasteiger partial charge in [0.2, 0.25) is 23.6 Å². The first kappa shape index (κ1) is 37.7. The Kier molecular flexibility index (Phi) is 11.6. The van der Waals surface area contributed by atoms with Crippen LogP contribution in [0.4, 0.5) is 13.6 Å². The van der Waals surface area contributed by atoms with Crippen LogP contribution in [0, 0.1) is 11.8 Å². The van der Waals surface area contributed by atoms with E-state index >= 15 is 0 Å². The molecule has 278 valence electrons. The Balaban J connectivity index is 1.41. The summed E-state index contributed by atoms with van der Waals surface area (Å²) in [6.07, 6.45) is -0.799. The smallest absolute Gasteiger partial charge is 0.407 e. The number of para-hydroxylation sites is 1. The van der Waals surface area contributed by atoms with Crippen molar-refractivity contribution in [2.75, 3.05) is 39.4 Å². The van der Waals surface area contributed by atoms with Gasteiger partial charge in [-0.2, -0.15) is 0 Å². The lowest BCUT2D eigenvalue weighted by Crippen LogP contribution is -2.66. The molecule has 3 aliphatic heterocycles. The Labute approximate surface area is 293 Å². The highest BCUT2D eigenvalue weighted by molar-refractivity contribution is 5.93. The van der Waals surface area contributed by atoms with Crippen molar-refractivity contribution in [1.29, 1.82) is 0 Å². The lowest BCUT2D eigenvalue weighted by Gasteiger charge is -2.45. The lowest BCUT2D eigenvalue weighted by molar-refractivity contribution is -0.150. The van der Waals surface area contributed by atoms with Gasteiger partial charge in [0, 0.05) is 69.2 Å². The van der Waals surface area contributed by atoms with Crippen molar-refractivity contribution in [3.8, 4) is 5.75 Å². The molecule has 6 atom stereocenters. The van der Waals surface area contributed by atoms with Crippen molar-refractivity contribution in [1.82, 2.24) is 25.3 Å². The molecule has 0 aromatic heterocycles. The fourth-order valence-electron chi connectivity index (χ4n) is 7.86. The van der Waals surface area contributed by atoms with Crippen LogP contribution in [0.25, 0.3) is 0 Å². The van der Waals surface area contributed by atoms with Crippen LogP contribution < -0.4 is 15.4 Å². The van der Waals surface area contributed by atoms with Gasteiger partial charge in [0.1, 0.15) is 17.8 Å². The molecule has 1 aromatic rings. The molecule has 3 fully saturated rings. The number of carbonyl (C=O) groups is 4. The summed E-state index contributed by atoms with van der Waals surface area (Å²) in [5, 5.41) is 15.8. The van der Waals surface area contributed by atoms with Crippen molar-refractivity contribution < 1.29 is 42.5 Å². The van der Waals surface area contributed by atoms with E-state index in [1.807, 2.05) is 31.2 Å². The zero-order valence-electron chi connectivity index (χ0n) is 29.8. The largest absolute Gasteiger partial charge is 0.493 e. The van der Waals surface area contributed by atoms with E-state index in [9.17, 15) is 33.1 Å². The zero-order chi connectivity index (χ0) is 36.4. The summed E-state index contributed by atoms with van der Waals surface area (Å²) in [7, 11) is 0. The summed E-state index contributed by atoms with van der Waals surface area (Å²) in [6, 6.07) is 5.04. The zero-order valence-corrected chi connectivity index (χ0v) is 29.8. The van der Waals surface area contributed by atoms with Crippen LogP contribution in [0.1, 0.15) is 84.7 Å². The van der Waals surface area contributed by atoms with Gasteiger partial charge in [0.15, 0.2) is 0 Å². The average Bonchev–Trinajstić information content (AvgIpc) is 3.46. The molecule has 0 unspecified atom stereocenters. The highest BCUT2D eigenvalue weighted by atomic mass is 19.3. The number of carbonyl (C=O) groups excluding carboxylic acids is 3. The maximum Gasteiger partial charge on any atom is 0.407 e. The van der Waals surface area contributed by atoms with E-state index in [0.717, 1.165) is 10.5 Å². The van der Waals surface area contributed by atoms with E-state index in [1.54, 1.807) is 27.7 Å². The highest BCUT2D eigenvalue weighted by Gasteiger charge is 2.49. The summed E-state index contributed by atoms with van der Waals surface area (Å²) in [5.41, 5.74) is 0.0697. The summed E-state index contributed by atoms with van der Waals surface area (Å²) in [6.45, 7) is 10.6. The van der Waals surface area contributed by atoms with Crippen LogP contribution in [-0.2, 0) is 19.1 Å². The van der Waals surface area contributed by atoms with Crippen LogP contribution >= 0.6 is 0 Å². The maximum absolute atomic E-state index is 14.8. The monoisotopic (exact) mass is 705 g/mol. The second kappa shape index (κ2) is 15.4. The number of hydrogen-bond donors (Lipinski definition) is 3. The molecule has 3 heterocycles. The fourth-order valence-corrected chi connectivity index (χ4v) is 7.86. The standard InChI is InChI=1S/C36H53F2N5O7/c1-6-49-25-17-24-19-42(28(21-41(24)20-25)32(45)39-27-13-16-50-29-10-8-7-9-26(27)29)33(46)30(23-11-14-36(37,38)15-12-23)40-31(44)22(2)18-43(34(47)48)35(3,4)5/h7-10,22-25,27-28,30H,6,11-21H2,1-5H3,(H,39,45)(H,40,44)(H,47,48)/t22-,24+,25+,27+,28-,30-/m0/s1. The summed E-state index contributed by atoms with van der Waals surface area (Å²) >= 11 is 0. The van der Waals surface area contributed by atoms with Gasteiger partial charge < -0.3 is 35.0 Å². The highest BCUT2D eigenvalue weighted by Crippen LogP contribution is 2.39. The number of nitrogens with one attached hydrogen (secondary N) is 2. The van der Waals surface area contributed by atoms with Crippen molar-refractivity contribution in [3.05, 3.63) is 29.8 Å². The number of nitrogens with zero attached hydrogens (tertiary/aromatic N) is 3. The predicted molar refractivity (Wildman–Crippen MR) is 181 cm³/mol. The summed E-state index contributed by atoms with van der Waals surface area (Å²) < 4.78 is 40.4. The first-order valence-electron chi connectivity index (χ1n) is 17.9. The van der Waals surface area contributed by atoms with Gasteiger partial charge in [-0.3, -0.25) is 19.3 Å². The topological polar surface area (TPSA) is 141 Å². The van der Waals surface area contributed by atoms with E-state index < -0.39 is 66.1 Å². The number of hydrogen-bond acceptors (Lipinski definition) is 7. The number of halogens is 2. The van der Waals surface area contributed by atoms with E-state index in [1.165, 1.54) is 4.90 Å². The number of carboxylic acid groups (broad SMARTS) is 1. The van der Waals surface area contributed by atoms with Gasteiger partial charge in [-0.25, -0.2) is 13.6 Å². The molecule has 12 nitrogen and oxygen atoms in total. The third-order valence-corrected chi connectivity index (χ3v) is 10.7. The Hall–Kier alpha value is -3.52. The third-order valence-electron chi connectivity index (χ3n) is 10.7. The molecule has 0 radical (unpaired) electrons. The minimum Gasteiger partial charge on any atom is -0.493 e. The van der Waals surface area contributed by atoms with Crippen molar-refractivity contribution in [2.45, 2.75) is 115 Å². The molecular formula is C36H53F2N5O7. The first-order valence-corrected chi connectivity index (χ1v) is 17.9. The Morgan fingerprint density at radius 1 is 1.10 bits per heavy atom. The van der Waals surface area contributed by atoms with Crippen molar-refractivity contribution in [2.24, 2.45) is 11.8 Å². The van der Waals surface area contributed by atoms with Gasteiger partial charge in [0.05, 0.1) is 24.7 Å². The number of alkyl halides is 2. The summed E-state index contributed by atoms with van der Waals surface area (Å²) in [5.74, 6) is -4.96. The Bertz CT molecular complexity index is 1400. The molecule has 2 saturated heterocycles. The minimum atomic E-state index is -2.86. The molecular weight excluding hydrogens is 652 g/mol. The second-order valence-electron chi connectivity index (χ2n) is 15.3. The number of rotatable bonds is 10. The van der Waals surface area contributed by atoms with Gasteiger partial charge in [-0.1, -0.05) is 25.1 Å². The molecule has 4 aliphatic rings. The number of benzene rings is 1. The van der Waals surface area contributed by atoms with E-state index in [0.29, 0.717) is 38.3 Å². The van der Waals surface area contributed by atoms with Gasteiger partial charge in [-0.05, 0) is 58.9 Å². The molecule has 1 saturated carbocycles. The van der Waals surface area contributed by atoms with Crippen LogP contribution in [0.2, 0.25) is 0 Å². The summed E-state index contributed by atoms with van der Waals surface area (Å²) in [4.78, 5) is 59.6. The molecule has 4 amide bonds. The van der Waals surface area contributed by atoms with Crippen LogP contribution in [0.3, 0.4) is 0 Å². The third kappa shape index (κ3) is 8.67. The fraction of sp³-hybridized carbons (Fsp3) is 0.722. The molecule has 3 N–H and O–H groups in total. The number of amides is 4. The lowest BCUT2D eigenvalue weighted by atomic mass is 9.81. The van der Waals surface area contributed by atoms with E-state index in [-0.39, 0.29) is 56.6 Å². The van der Waals surface area contributed by atoms with Crippen molar-refractivity contribution >= 4 is 23.8 Å². The minimum absolute atomic E-state index is 0.0207.